The van der Waals surface area contributed by atoms with Gasteiger partial charge in [-0.3, -0.25) is 14.6 Å². The maximum atomic E-state index is 12.0. The number of likely N-dealkylation sites (N-methyl/N-ethyl adjacent to an activating group) is 2. The van der Waals surface area contributed by atoms with Crippen LogP contribution in [0.2, 0.25) is 0 Å². The van der Waals surface area contributed by atoms with Gasteiger partial charge in [0.05, 0.1) is 12.6 Å². The Morgan fingerprint density at radius 2 is 1.26 bits per heavy atom. The van der Waals surface area contributed by atoms with Gasteiger partial charge < -0.3 is 29.5 Å². The number of hydrogen-bond acceptors (Lipinski definition) is 9. The second-order valence-electron chi connectivity index (χ2n) is 8.93. The Balaban J connectivity index is 2.64. The fourth-order valence-electron chi connectivity index (χ4n) is 4.03. The molecular formula is C24H48N4O6. The molecule has 1 aliphatic heterocycles. The van der Waals surface area contributed by atoms with Crippen LogP contribution >= 0.6 is 0 Å². The van der Waals surface area contributed by atoms with E-state index in [-0.39, 0.29) is 25.9 Å². The van der Waals surface area contributed by atoms with Gasteiger partial charge in [-0.15, -0.1) is 0 Å². The molecule has 0 bridgehead atoms. The summed E-state index contributed by atoms with van der Waals surface area (Å²) in [4.78, 5) is 32.2. The minimum atomic E-state index is -0.832. The van der Waals surface area contributed by atoms with Crippen molar-refractivity contribution in [2.75, 3.05) is 91.8 Å². The third-order valence-electron chi connectivity index (χ3n) is 6.44. The zero-order chi connectivity index (χ0) is 25.3. The van der Waals surface area contributed by atoms with Crippen LogP contribution in [-0.4, -0.2) is 146 Å². The summed E-state index contributed by atoms with van der Waals surface area (Å²) in [6, 6.07) is 0. The summed E-state index contributed by atoms with van der Waals surface area (Å²) in [7, 11) is 0. The van der Waals surface area contributed by atoms with Crippen LogP contribution in [0.25, 0.3) is 0 Å². The second-order valence-corrected chi connectivity index (χ2v) is 8.93. The first-order valence-electron chi connectivity index (χ1n) is 12.9. The van der Waals surface area contributed by atoms with Gasteiger partial charge in [0, 0.05) is 58.9 Å². The van der Waals surface area contributed by atoms with Crippen LogP contribution in [0.5, 0.6) is 0 Å². The molecular weight excluding hydrogens is 440 g/mol. The number of esters is 1. The number of aliphatic hydroxyl groups is 1. The molecule has 0 aromatic carbocycles. The summed E-state index contributed by atoms with van der Waals surface area (Å²) in [5.74, 6) is -1.30. The Morgan fingerprint density at radius 3 is 1.71 bits per heavy atom. The van der Waals surface area contributed by atoms with E-state index in [1.165, 1.54) is 0 Å². The van der Waals surface area contributed by atoms with E-state index in [1.54, 1.807) is 0 Å². The molecule has 1 atom stereocenters. The monoisotopic (exact) mass is 488 g/mol. The van der Waals surface area contributed by atoms with Crippen LogP contribution < -0.4 is 0 Å². The zero-order valence-electron chi connectivity index (χ0n) is 21.8. The molecule has 0 aromatic heterocycles. The standard InChI is InChI=1S/C24H48N4O6/c1-5-22(6-2)33-20-24(32)34-19-21(29)17-27-13-11-25(7-3)9-10-26(8-4)12-14-28(16-15-27)18-23(30)31/h21-22,29H,5-20H2,1-4H3,(H,30,31). The van der Waals surface area contributed by atoms with Gasteiger partial charge in [-0.25, -0.2) is 4.79 Å². The number of aliphatic carboxylic acids is 1. The number of ether oxygens (including phenoxy) is 2. The first kappa shape index (κ1) is 30.7. The number of aliphatic hydroxyl groups excluding tert-OH is 1. The molecule has 0 aliphatic carbocycles. The van der Waals surface area contributed by atoms with Crippen LogP contribution in [0.3, 0.4) is 0 Å². The quantitative estimate of drug-likeness (QED) is 0.355. The third kappa shape index (κ3) is 13.6. The van der Waals surface area contributed by atoms with Crippen LogP contribution in [-0.2, 0) is 19.1 Å². The van der Waals surface area contributed by atoms with E-state index in [0.717, 1.165) is 58.7 Å². The van der Waals surface area contributed by atoms with Gasteiger partial charge in [0.2, 0.25) is 0 Å². The SMILES string of the molecule is CCC(CC)OCC(=O)OCC(O)CN1CCN(CC)CCN(CC)CCN(CC(=O)O)CC1. The molecule has 2 N–H and O–H groups in total. The van der Waals surface area contributed by atoms with Crippen LogP contribution in [0.4, 0.5) is 0 Å². The first-order chi connectivity index (χ1) is 16.3. The van der Waals surface area contributed by atoms with Gasteiger partial charge in [-0.05, 0) is 25.9 Å². The summed E-state index contributed by atoms with van der Waals surface area (Å²) in [5.41, 5.74) is 0. The highest BCUT2D eigenvalue weighted by molar-refractivity contribution is 5.70. The van der Waals surface area contributed by atoms with Crippen LogP contribution in [0, 0.1) is 0 Å². The molecule has 0 spiro atoms. The van der Waals surface area contributed by atoms with Crippen molar-refractivity contribution in [3.8, 4) is 0 Å². The Kier molecular flexibility index (Phi) is 16.3. The topological polar surface area (TPSA) is 106 Å². The van der Waals surface area contributed by atoms with Crippen molar-refractivity contribution in [1.29, 1.82) is 0 Å². The first-order valence-corrected chi connectivity index (χ1v) is 12.9. The Labute approximate surface area is 205 Å². The molecule has 1 aliphatic rings. The summed E-state index contributed by atoms with van der Waals surface area (Å²) < 4.78 is 10.7. The van der Waals surface area contributed by atoms with Crippen molar-refractivity contribution in [2.45, 2.75) is 52.7 Å². The maximum Gasteiger partial charge on any atom is 0.332 e. The number of β-amino-alcohol motifs (C(OH)–C–C–N with tert-alkyl or cyclic N) is 1. The molecule has 0 aromatic rings. The summed E-state index contributed by atoms with van der Waals surface area (Å²) in [6.45, 7) is 16.7. The van der Waals surface area contributed by atoms with E-state index >= 15 is 0 Å². The number of carboxylic acids is 1. The van der Waals surface area contributed by atoms with E-state index < -0.39 is 18.0 Å². The summed E-state index contributed by atoms with van der Waals surface area (Å²) >= 11 is 0. The van der Waals surface area contributed by atoms with E-state index in [2.05, 4.69) is 28.5 Å². The highest BCUT2D eigenvalue weighted by atomic mass is 16.6. The van der Waals surface area contributed by atoms with Crippen LogP contribution in [0.15, 0.2) is 0 Å². The van der Waals surface area contributed by atoms with Gasteiger partial charge in [-0.1, -0.05) is 27.7 Å². The average molecular weight is 489 g/mol. The maximum absolute atomic E-state index is 12.0. The van der Waals surface area contributed by atoms with Gasteiger partial charge >= 0.3 is 11.9 Å². The fraction of sp³-hybridized carbons (Fsp3) is 0.917. The van der Waals surface area contributed by atoms with Crippen molar-refractivity contribution in [1.82, 2.24) is 19.6 Å². The largest absolute Gasteiger partial charge is 0.480 e. The lowest BCUT2D eigenvalue weighted by Crippen LogP contribution is -2.48. The highest BCUT2D eigenvalue weighted by Crippen LogP contribution is 2.04. The lowest BCUT2D eigenvalue weighted by Gasteiger charge is -2.33. The van der Waals surface area contributed by atoms with Crippen molar-refractivity contribution in [2.24, 2.45) is 0 Å². The number of rotatable bonds is 13. The number of nitrogens with zero attached hydrogens (tertiary/aromatic N) is 4. The molecule has 1 unspecified atom stereocenters. The molecule has 10 nitrogen and oxygen atoms in total. The lowest BCUT2D eigenvalue weighted by atomic mass is 10.2. The van der Waals surface area contributed by atoms with E-state index in [9.17, 15) is 19.8 Å². The molecule has 10 heteroatoms. The molecule has 34 heavy (non-hydrogen) atoms. The zero-order valence-corrected chi connectivity index (χ0v) is 21.8. The molecule has 1 rings (SSSR count). The predicted molar refractivity (Wildman–Crippen MR) is 132 cm³/mol. The van der Waals surface area contributed by atoms with E-state index in [4.69, 9.17) is 9.47 Å². The van der Waals surface area contributed by atoms with Gasteiger partial charge in [-0.2, -0.15) is 0 Å². The Bertz CT molecular complexity index is 564. The lowest BCUT2D eigenvalue weighted by molar-refractivity contribution is -0.154. The summed E-state index contributed by atoms with van der Waals surface area (Å²) in [5, 5.41) is 19.8. The second kappa shape index (κ2) is 18.0. The van der Waals surface area contributed by atoms with Gasteiger partial charge in [0.1, 0.15) is 19.3 Å². The molecule has 0 radical (unpaired) electrons. The van der Waals surface area contributed by atoms with E-state index in [0.29, 0.717) is 26.2 Å². The number of carbonyl (C=O) groups excluding carboxylic acids is 1. The van der Waals surface area contributed by atoms with Crippen molar-refractivity contribution < 1.29 is 29.3 Å². The predicted octanol–water partition coefficient (Wildman–Crippen LogP) is 0.442. The molecule has 200 valence electrons. The van der Waals surface area contributed by atoms with E-state index in [1.807, 2.05) is 18.7 Å². The Morgan fingerprint density at radius 1 is 0.794 bits per heavy atom. The molecule has 0 saturated carbocycles. The van der Waals surface area contributed by atoms with Crippen molar-refractivity contribution >= 4 is 11.9 Å². The number of carboxylic acid groups (broad SMARTS) is 1. The van der Waals surface area contributed by atoms with Crippen molar-refractivity contribution in [3.05, 3.63) is 0 Å². The number of hydrogen-bond donors (Lipinski definition) is 2. The van der Waals surface area contributed by atoms with Gasteiger partial charge in [0.25, 0.3) is 0 Å². The average Bonchev–Trinajstić information content (AvgIpc) is 2.81. The Hall–Kier alpha value is -1.30. The minimum absolute atomic E-state index is 0.00313. The smallest absolute Gasteiger partial charge is 0.332 e. The third-order valence-corrected chi connectivity index (χ3v) is 6.44. The highest BCUT2D eigenvalue weighted by Gasteiger charge is 2.19. The molecule has 1 fully saturated rings. The fourth-order valence-corrected chi connectivity index (χ4v) is 4.03. The summed E-state index contributed by atoms with van der Waals surface area (Å²) in [6.07, 6.45) is 0.903. The van der Waals surface area contributed by atoms with Crippen molar-refractivity contribution in [3.63, 3.8) is 0 Å². The van der Waals surface area contributed by atoms with Gasteiger partial charge in [0.15, 0.2) is 0 Å². The van der Waals surface area contributed by atoms with Crippen LogP contribution in [0.1, 0.15) is 40.5 Å². The number of carbonyl (C=O) groups is 2. The molecule has 0 amide bonds. The minimum Gasteiger partial charge on any atom is -0.480 e. The normalized spacial score (nSPS) is 19.5. The molecule has 1 heterocycles. The molecule has 1 saturated heterocycles.